The maximum atomic E-state index is 6.22. The van der Waals surface area contributed by atoms with Gasteiger partial charge in [0.1, 0.15) is 5.75 Å². The molecule has 0 saturated carbocycles. The van der Waals surface area contributed by atoms with Crippen molar-refractivity contribution >= 4 is 33.2 Å². The van der Waals surface area contributed by atoms with Crippen LogP contribution in [0.25, 0.3) is 0 Å². The van der Waals surface area contributed by atoms with E-state index in [-0.39, 0.29) is 6.04 Å². The first kappa shape index (κ1) is 15.2. The second-order valence-electron chi connectivity index (χ2n) is 4.69. The largest absolute Gasteiger partial charge is 0.496 e. The SMILES string of the molecule is COc1ccccc1CC(C)Nc1ccc(Br)cc1Cl. The van der Waals surface area contributed by atoms with Gasteiger partial charge in [-0.05, 0) is 43.2 Å². The van der Waals surface area contributed by atoms with Gasteiger partial charge in [-0.3, -0.25) is 0 Å². The fourth-order valence-corrected chi connectivity index (χ4v) is 2.85. The number of benzene rings is 2. The van der Waals surface area contributed by atoms with Crippen LogP contribution in [0.4, 0.5) is 5.69 Å². The summed E-state index contributed by atoms with van der Waals surface area (Å²) in [4.78, 5) is 0. The van der Waals surface area contributed by atoms with Crippen LogP contribution in [-0.4, -0.2) is 13.2 Å². The number of ether oxygens (including phenoxy) is 1. The molecule has 106 valence electrons. The molecule has 0 aliphatic heterocycles. The first-order chi connectivity index (χ1) is 9.60. The molecule has 0 amide bonds. The highest BCUT2D eigenvalue weighted by Crippen LogP contribution is 2.27. The molecule has 1 unspecified atom stereocenters. The Morgan fingerprint density at radius 2 is 2.00 bits per heavy atom. The average molecular weight is 355 g/mol. The Morgan fingerprint density at radius 1 is 1.25 bits per heavy atom. The minimum atomic E-state index is 0.255. The zero-order valence-corrected chi connectivity index (χ0v) is 13.8. The molecule has 0 aromatic heterocycles. The van der Waals surface area contributed by atoms with Gasteiger partial charge in [0.05, 0.1) is 17.8 Å². The van der Waals surface area contributed by atoms with Crippen molar-refractivity contribution in [2.24, 2.45) is 0 Å². The number of anilines is 1. The van der Waals surface area contributed by atoms with E-state index in [4.69, 9.17) is 16.3 Å². The third kappa shape index (κ3) is 3.90. The molecule has 20 heavy (non-hydrogen) atoms. The number of hydrogen-bond donors (Lipinski definition) is 1. The highest BCUT2D eigenvalue weighted by Gasteiger charge is 2.09. The lowest BCUT2D eigenvalue weighted by molar-refractivity contribution is 0.409. The van der Waals surface area contributed by atoms with Crippen molar-refractivity contribution in [3.05, 3.63) is 57.5 Å². The van der Waals surface area contributed by atoms with Crippen molar-refractivity contribution < 1.29 is 4.74 Å². The summed E-state index contributed by atoms with van der Waals surface area (Å²) < 4.78 is 6.35. The lowest BCUT2D eigenvalue weighted by Crippen LogP contribution is -2.18. The smallest absolute Gasteiger partial charge is 0.122 e. The van der Waals surface area contributed by atoms with Gasteiger partial charge in [0.2, 0.25) is 0 Å². The van der Waals surface area contributed by atoms with Crippen LogP contribution < -0.4 is 10.1 Å². The highest BCUT2D eigenvalue weighted by molar-refractivity contribution is 9.10. The third-order valence-electron chi connectivity index (χ3n) is 3.05. The summed E-state index contributed by atoms with van der Waals surface area (Å²) in [6, 6.07) is 14.2. The predicted molar refractivity (Wildman–Crippen MR) is 88.9 cm³/mol. The second-order valence-corrected chi connectivity index (χ2v) is 6.01. The molecule has 2 nitrogen and oxygen atoms in total. The molecule has 0 aliphatic carbocycles. The standard InChI is InChI=1S/C16H17BrClNO/c1-11(9-12-5-3-4-6-16(12)20-2)19-15-8-7-13(17)10-14(15)18/h3-8,10-11,19H,9H2,1-2H3. The van der Waals surface area contributed by atoms with Gasteiger partial charge >= 0.3 is 0 Å². The number of para-hydroxylation sites is 1. The Balaban J connectivity index is 2.07. The van der Waals surface area contributed by atoms with E-state index >= 15 is 0 Å². The molecule has 4 heteroatoms. The molecule has 1 atom stereocenters. The fraction of sp³-hybridized carbons (Fsp3) is 0.250. The molecule has 2 aromatic rings. The molecule has 0 bridgehead atoms. The Morgan fingerprint density at radius 3 is 2.70 bits per heavy atom. The molecule has 0 heterocycles. The molecule has 0 fully saturated rings. The zero-order chi connectivity index (χ0) is 14.5. The van der Waals surface area contributed by atoms with Crippen molar-refractivity contribution in [1.82, 2.24) is 0 Å². The van der Waals surface area contributed by atoms with Gasteiger partial charge < -0.3 is 10.1 Å². The van der Waals surface area contributed by atoms with Crippen LogP contribution in [0, 0.1) is 0 Å². The molecule has 0 spiro atoms. The summed E-state index contributed by atoms with van der Waals surface area (Å²) in [6.07, 6.45) is 0.871. The summed E-state index contributed by atoms with van der Waals surface area (Å²) >= 11 is 9.62. The Kier molecular flexibility index (Phi) is 5.32. The summed E-state index contributed by atoms with van der Waals surface area (Å²) in [7, 11) is 1.70. The molecule has 0 radical (unpaired) electrons. The van der Waals surface area contributed by atoms with Crippen LogP contribution in [0.15, 0.2) is 46.9 Å². The van der Waals surface area contributed by atoms with E-state index in [9.17, 15) is 0 Å². The summed E-state index contributed by atoms with van der Waals surface area (Å²) in [5.74, 6) is 0.919. The molecular weight excluding hydrogens is 338 g/mol. The van der Waals surface area contributed by atoms with Crippen LogP contribution >= 0.6 is 27.5 Å². The highest BCUT2D eigenvalue weighted by atomic mass is 79.9. The van der Waals surface area contributed by atoms with Gasteiger partial charge in [-0.1, -0.05) is 45.7 Å². The number of rotatable bonds is 5. The zero-order valence-electron chi connectivity index (χ0n) is 11.5. The van der Waals surface area contributed by atoms with E-state index in [0.29, 0.717) is 5.02 Å². The molecule has 2 rings (SSSR count). The maximum Gasteiger partial charge on any atom is 0.122 e. The van der Waals surface area contributed by atoms with Crippen LogP contribution in [0.3, 0.4) is 0 Å². The van der Waals surface area contributed by atoms with Crippen LogP contribution in [-0.2, 0) is 6.42 Å². The topological polar surface area (TPSA) is 21.3 Å². The number of hydrogen-bond acceptors (Lipinski definition) is 2. The Bertz CT molecular complexity index is 588. The molecule has 0 aliphatic rings. The van der Waals surface area contributed by atoms with Gasteiger partial charge in [0.15, 0.2) is 0 Å². The Hall–Kier alpha value is -1.19. The minimum absolute atomic E-state index is 0.255. The first-order valence-electron chi connectivity index (χ1n) is 6.43. The third-order valence-corrected chi connectivity index (χ3v) is 3.86. The van der Waals surface area contributed by atoms with Crippen LogP contribution in [0.2, 0.25) is 5.02 Å². The fourth-order valence-electron chi connectivity index (χ4n) is 2.12. The summed E-state index contributed by atoms with van der Waals surface area (Å²) in [5.41, 5.74) is 2.13. The van der Waals surface area contributed by atoms with E-state index in [1.165, 1.54) is 5.56 Å². The quantitative estimate of drug-likeness (QED) is 0.801. The summed E-state index contributed by atoms with van der Waals surface area (Å²) in [5, 5.41) is 4.14. The van der Waals surface area contributed by atoms with E-state index < -0.39 is 0 Å². The number of methoxy groups -OCH3 is 1. The van der Waals surface area contributed by atoms with Gasteiger partial charge in [0.25, 0.3) is 0 Å². The van der Waals surface area contributed by atoms with Gasteiger partial charge in [0, 0.05) is 10.5 Å². The van der Waals surface area contributed by atoms with E-state index in [0.717, 1.165) is 22.3 Å². The van der Waals surface area contributed by atoms with Crippen molar-refractivity contribution in [1.29, 1.82) is 0 Å². The molecule has 1 N–H and O–H groups in total. The first-order valence-corrected chi connectivity index (χ1v) is 7.60. The maximum absolute atomic E-state index is 6.22. The van der Waals surface area contributed by atoms with Gasteiger partial charge in [-0.25, -0.2) is 0 Å². The Labute approximate surface area is 133 Å². The summed E-state index contributed by atoms with van der Waals surface area (Å²) in [6.45, 7) is 2.13. The molecule has 0 saturated heterocycles. The minimum Gasteiger partial charge on any atom is -0.496 e. The van der Waals surface area contributed by atoms with Crippen molar-refractivity contribution in [2.75, 3.05) is 12.4 Å². The predicted octanol–water partition coefficient (Wildman–Crippen LogP) is 5.15. The van der Waals surface area contributed by atoms with E-state index in [2.05, 4.69) is 34.2 Å². The van der Waals surface area contributed by atoms with Gasteiger partial charge in [-0.2, -0.15) is 0 Å². The van der Waals surface area contributed by atoms with Crippen molar-refractivity contribution in [2.45, 2.75) is 19.4 Å². The number of nitrogens with one attached hydrogen (secondary N) is 1. The number of halogens is 2. The van der Waals surface area contributed by atoms with Crippen LogP contribution in [0.5, 0.6) is 5.75 Å². The monoisotopic (exact) mass is 353 g/mol. The van der Waals surface area contributed by atoms with Crippen LogP contribution in [0.1, 0.15) is 12.5 Å². The van der Waals surface area contributed by atoms with Crippen molar-refractivity contribution in [3.8, 4) is 5.75 Å². The average Bonchev–Trinajstić information content (AvgIpc) is 2.42. The van der Waals surface area contributed by atoms with E-state index in [1.807, 2.05) is 36.4 Å². The molecular formula is C16H17BrClNO. The van der Waals surface area contributed by atoms with E-state index in [1.54, 1.807) is 7.11 Å². The van der Waals surface area contributed by atoms with Crippen molar-refractivity contribution in [3.63, 3.8) is 0 Å². The normalized spacial score (nSPS) is 12.0. The van der Waals surface area contributed by atoms with Gasteiger partial charge in [-0.15, -0.1) is 0 Å². The second kappa shape index (κ2) is 7.00. The lowest BCUT2D eigenvalue weighted by atomic mass is 10.1. The lowest BCUT2D eigenvalue weighted by Gasteiger charge is -2.18. The molecule has 2 aromatic carbocycles.